The summed E-state index contributed by atoms with van der Waals surface area (Å²) in [6.45, 7) is 1.92. The number of nitrogens with zero attached hydrogens (tertiary/aromatic N) is 3. The maximum atomic E-state index is 11.2. The van der Waals surface area contributed by atoms with Gasteiger partial charge in [0.1, 0.15) is 36.4 Å². The molecule has 2 saturated heterocycles. The van der Waals surface area contributed by atoms with E-state index in [4.69, 9.17) is 30.9 Å². The van der Waals surface area contributed by atoms with Crippen LogP contribution < -0.4 is 5.32 Å². The Bertz CT molecular complexity index is 965. The quantitative estimate of drug-likeness (QED) is 0.195. The van der Waals surface area contributed by atoms with E-state index >= 15 is 0 Å². The normalized spacial score (nSPS) is 29.3. The van der Waals surface area contributed by atoms with E-state index in [2.05, 4.69) is 20.0 Å². The van der Waals surface area contributed by atoms with Crippen molar-refractivity contribution in [1.82, 2.24) is 14.5 Å². The minimum atomic E-state index is -3.85. The van der Waals surface area contributed by atoms with Gasteiger partial charge >= 0.3 is 7.60 Å². The zero-order valence-corrected chi connectivity index (χ0v) is 18.3. The molecular formula is C17H24ClN4O8P. The molecule has 12 nitrogen and oxygen atoms in total. The van der Waals surface area contributed by atoms with Gasteiger partial charge in [-0.2, -0.15) is 4.98 Å². The third kappa shape index (κ3) is 5.19. The van der Waals surface area contributed by atoms with E-state index in [1.54, 1.807) is 16.8 Å². The minimum Gasteiger partial charge on any atom is -0.387 e. The zero-order chi connectivity index (χ0) is 22.2. The summed E-state index contributed by atoms with van der Waals surface area (Å²) in [7, 11) is -3.85. The summed E-state index contributed by atoms with van der Waals surface area (Å²) < 4.78 is 28.2. The van der Waals surface area contributed by atoms with Crippen LogP contribution >= 0.6 is 19.2 Å². The summed E-state index contributed by atoms with van der Waals surface area (Å²) in [5.41, 5.74) is 0.414. The van der Waals surface area contributed by atoms with E-state index in [0.29, 0.717) is 30.1 Å². The summed E-state index contributed by atoms with van der Waals surface area (Å²) in [5.74, 6) is 0.559. The Morgan fingerprint density at radius 2 is 2.06 bits per heavy atom. The van der Waals surface area contributed by atoms with Crippen LogP contribution in [0.4, 0.5) is 5.82 Å². The Morgan fingerprint density at radius 3 is 2.77 bits per heavy atom. The molecule has 1 unspecified atom stereocenters. The van der Waals surface area contributed by atoms with E-state index in [-0.39, 0.29) is 17.9 Å². The van der Waals surface area contributed by atoms with Crippen LogP contribution in [0.5, 0.6) is 0 Å². The van der Waals surface area contributed by atoms with E-state index < -0.39 is 32.1 Å². The van der Waals surface area contributed by atoms with Crippen molar-refractivity contribution in [3.05, 3.63) is 17.5 Å². The third-order valence-electron chi connectivity index (χ3n) is 5.14. The molecule has 2 aromatic heterocycles. The number of ether oxygens (including phenoxy) is 2. The Balaban J connectivity index is 1.54. The lowest BCUT2D eigenvalue weighted by Crippen LogP contribution is -2.33. The molecule has 2 aliphatic heterocycles. The summed E-state index contributed by atoms with van der Waals surface area (Å²) in [6, 6.07) is 1.95. The average Bonchev–Trinajstić information content (AvgIpc) is 3.24. The number of nitrogens with one attached hydrogen (secondary N) is 1. The van der Waals surface area contributed by atoms with Crippen molar-refractivity contribution in [2.24, 2.45) is 0 Å². The van der Waals surface area contributed by atoms with Gasteiger partial charge < -0.3 is 34.5 Å². The van der Waals surface area contributed by atoms with Gasteiger partial charge in [-0.05, 0) is 30.5 Å². The van der Waals surface area contributed by atoms with Gasteiger partial charge in [0.2, 0.25) is 5.28 Å². The molecular weight excluding hydrogens is 455 g/mol. The summed E-state index contributed by atoms with van der Waals surface area (Å²) in [6.07, 6.45) is -1.30. The van der Waals surface area contributed by atoms with Crippen LogP contribution in [0.3, 0.4) is 0 Å². The second-order valence-corrected chi connectivity index (χ2v) is 9.63. The summed E-state index contributed by atoms with van der Waals surface area (Å²) in [5, 5.41) is 24.9. The molecule has 0 bridgehead atoms. The minimum absolute atomic E-state index is 0.0185. The molecule has 2 fully saturated rings. The number of aromatic nitrogens is 3. The first-order chi connectivity index (χ1) is 14.7. The Labute approximate surface area is 182 Å². The monoisotopic (exact) mass is 478 g/mol. The highest BCUT2D eigenvalue weighted by atomic mass is 35.5. The number of fused-ring (bicyclic) bond motifs is 1. The fraction of sp³-hybridized carbons (Fsp3) is 0.647. The predicted molar refractivity (Wildman–Crippen MR) is 109 cm³/mol. The largest absolute Gasteiger partial charge is 0.387 e. The molecule has 14 heteroatoms. The lowest BCUT2D eigenvalue weighted by atomic mass is 10.1. The van der Waals surface area contributed by atoms with Crippen molar-refractivity contribution >= 4 is 36.0 Å². The number of halogens is 1. The van der Waals surface area contributed by atoms with Gasteiger partial charge in [0.05, 0.1) is 5.39 Å². The molecule has 0 radical (unpaired) electrons. The van der Waals surface area contributed by atoms with Gasteiger partial charge in [-0.1, -0.05) is 0 Å². The first-order valence-electron chi connectivity index (χ1n) is 9.74. The molecule has 0 aliphatic carbocycles. The molecule has 0 amide bonds. The highest BCUT2D eigenvalue weighted by Gasteiger charge is 2.44. The highest BCUT2D eigenvalue weighted by Crippen LogP contribution is 2.38. The maximum Gasteiger partial charge on any atom is 0.352 e. The SMILES string of the molecule is CP(=O)(O)OOC[C@H]1O[C@@H](n2ccc3c(NC4CCOCC4)nc(Cl)nc32)[C@H](O)[C@@H]1O. The van der Waals surface area contributed by atoms with Crippen molar-refractivity contribution in [1.29, 1.82) is 0 Å². The topological polar surface area (TPSA) is 157 Å². The van der Waals surface area contributed by atoms with E-state index in [1.807, 2.05) is 0 Å². The van der Waals surface area contributed by atoms with Gasteiger partial charge in [0.15, 0.2) is 6.23 Å². The number of hydrogen-bond acceptors (Lipinski definition) is 10. The molecule has 31 heavy (non-hydrogen) atoms. The van der Waals surface area contributed by atoms with Crippen LogP contribution in [0, 0.1) is 0 Å². The van der Waals surface area contributed by atoms with Crippen LogP contribution in [0.1, 0.15) is 19.1 Å². The molecule has 4 heterocycles. The zero-order valence-electron chi connectivity index (χ0n) is 16.6. The number of anilines is 1. The predicted octanol–water partition coefficient (Wildman–Crippen LogP) is 1.06. The van der Waals surface area contributed by atoms with Gasteiger partial charge in [-0.3, -0.25) is 4.57 Å². The van der Waals surface area contributed by atoms with Crippen molar-refractivity contribution in [3.63, 3.8) is 0 Å². The molecule has 0 saturated carbocycles. The van der Waals surface area contributed by atoms with Crippen molar-refractivity contribution in [2.45, 2.75) is 43.4 Å². The maximum absolute atomic E-state index is 11.2. The second kappa shape index (κ2) is 9.26. The van der Waals surface area contributed by atoms with Crippen LogP contribution in [0.25, 0.3) is 11.0 Å². The first-order valence-corrected chi connectivity index (χ1v) is 12.1. The average molecular weight is 479 g/mol. The summed E-state index contributed by atoms with van der Waals surface area (Å²) in [4.78, 5) is 22.4. The third-order valence-corrected chi connectivity index (χ3v) is 5.69. The van der Waals surface area contributed by atoms with Gasteiger partial charge in [-0.25, -0.2) is 9.87 Å². The highest BCUT2D eigenvalue weighted by molar-refractivity contribution is 7.51. The van der Waals surface area contributed by atoms with Crippen LogP contribution in [-0.2, 0) is 23.6 Å². The molecule has 2 aromatic rings. The van der Waals surface area contributed by atoms with Crippen molar-refractivity contribution in [3.8, 4) is 0 Å². The number of aliphatic hydroxyl groups excluding tert-OH is 2. The van der Waals surface area contributed by atoms with Gasteiger partial charge in [0, 0.05) is 32.1 Å². The van der Waals surface area contributed by atoms with Gasteiger partial charge in [0.25, 0.3) is 0 Å². The summed E-state index contributed by atoms with van der Waals surface area (Å²) >= 11 is 6.14. The molecule has 4 rings (SSSR count). The number of hydrogen-bond donors (Lipinski definition) is 4. The van der Waals surface area contributed by atoms with Crippen LogP contribution in [0.15, 0.2) is 12.3 Å². The standard InChI is InChI=1S/C17H24ClN4O8P/c1-31(25,26)30-28-8-11-12(23)13(24)16(29-11)22-5-2-10-14(20-17(18)21-15(10)22)19-9-3-6-27-7-4-9/h2,5,9,11-13,16,23-24H,3-4,6-8H2,1H3,(H,25,26)(H,19,20,21)/t11-,12-,13-,16-/m1/s1. The van der Waals surface area contributed by atoms with E-state index in [1.165, 1.54) is 0 Å². The molecule has 2 aliphatic rings. The fourth-order valence-electron chi connectivity index (χ4n) is 3.65. The van der Waals surface area contributed by atoms with Crippen LogP contribution in [-0.4, -0.2) is 80.5 Å². The lowest BCUT2D eigenvalue weighted by molar-refractivity contribution is -0.238. The molecule has 0 spiro atoms. The molecule has 172 valence electrons. The molecule has 0 aromatic carbocycles. The first kappa shape index (κ1) is 22.8. The number of rotatable bonds is 7. The van der Waals surface area contributed by atoms with Crippen molar-refractivity contribution in [2.75, 3.05) is 31.8 Å². The van der Waals surface area contributed by atoms with Crippen molar-refractivity contribution < 1.29 is 38.7 Å². The second-order valence-electron chi connectivity index (χ2n) is 7.54. The van der Waals surface area contributed by atoms with Crippen LogP contribution in [0.2, 0.25) is 5.28 Å². The Hall–Kier alpha value is -1.34. The number of aliphatic hydroxyl groups is 2. The molecule has 5 atom stereocenters. The fourth-order valence-corrected chi connectivity index (χ4v) is 4.07. The van der Waals surface area contributed by atoms with E-state index in [9.17, 15) is 14.8 Å². The smallest absolute Gasteiger partial charge is 0.352 e. The Morgan fingerprint density at radius 1 is 1.32 bits per heavy atom. The van der Waals surface area contributed by atoms with Gasteiger partial charge in [-0.15, -0.1) is 4.67 Å². The Kier molecular flexibility index (Phi) is 6.82. The lowest BCUT2D eigenvalue weighted by Gasteiger charge is -2.24. The molecule has 4 N–H and O–H groups in total. The van der Waals surface area contributed by atoms with E-state index in [0.717, 1.165) is 19.5 Å².